The van der Waals surface area contributed by atoms with Crippen LogP contribution < -0.4 is 5.32 Å². The van der Waals surface area contributed by atoms with E-state index >= 15 is 0 Å². The second kappa shape index (κ2) is 5.96. The lowest BCUT2D eigenvalue weighted by Gasteiger charge is -2.08. The fraction of sp³-hybridized carbons (Fsp3) is 0. The largest absolute Gasteiger partial charge is 0.478 e. The van der Waals surface area contributed by atoms with Crippen molar-refractivity contribution in [3.8, 4) is 0 Å². The van der Waals surface area contributed by atoms with Gasteiger partial charge in [-0.3, -0.25) is 4.79 Å². The summed E-state index contributed by atoms with van der Waals surface area (Å²) in [5.74, 6) is -4.73. The van der Waals surface area contributed by atoms with E-state index in [1.165, 1.54) is 18.2 Å². The van der Waals surface area contributed by atoms with E-state index in [0.29, 0.717) is 4.47 Å². The fourth-order valence-corrected chi connectivity index (χ4v) is 2.01. The van der Waals surface area contributed by atoms with Crippen LogP contribution in [0.15, 0.2) is 34.9 Å². The van der Waals surface area contributed by atoms with E-state index in [0.717, 1.165) is 12.3 Å². The summed E-state index contributed by atoms with van der Waals surface area (Å²) < 4.78 is 26.7. The summed E-state index contributed by atoms with van der Waals surface area (Å²) >= 11 is 3.09. The average Bonchev–Trinajstić information content (AvgIpc) is 2.43. The highest BCUT2D eigenvalue weighted by molar-refractivity contribution is 9.10. The fourth-order valence-electron chi connectivity index (χ4n) is 1.53. The molecule has 2 aromatic rings. The van der Waals surface area contributed by atoms with E-state index in [4.69, 9.17) is 5.11 Å². The molecular weight excluding hydrogens is 350 g/mol. The van der Waals surface area contributed by atoms with Crippen molar-refractivity contribution < 1.29 is 23.5 Å². The van der Waals surface area contributed by atoms with Gasteiger partial charge in [0.05, 0.1) is 16.8 Å². The Balaban J connectivity index is 2.28. The standard InChI is InChI=1S/C13H7BrF2N2O3/c14-8-5-6(13(20)21)1-2-9(8)18-12(19)7-3-4-17-11(16)10(7)15/h1-5H,(H,18,19)(H,20,21). The first-order chi connectivity index (χ1) is 9.90. The molecule has 1 aromatic heterocycles. The maximum atomic E-state index is 13.4. The Hall–Kier alpha value is -2.35. The van der Waals surface area contributed by atoms with Gasteiger partial charge >= 0.3 is 5.97 Å². The number of carbonyl (C=O) groups excluding carboxylic acids is 1. The average molecular weight is 357 g/mol. The number of hydrogen-bond donors (Lipinski definition) is 2. The van der Waals surface area contributed by atoms with Crippen LogP contribution >= 0.6 is 15.9 Å². The molecule has 0 aliphatic heterocycles. The van der Waals surface area contributed by atoms with E-state index < -0.39 is 29.2 Å². The number of aromatic nitrogens is 1. The lowest BCUT2D eigenvalue weighted by molar-refractivity contribution is 0.0696. The molecule has 1 amide bonds. The highest BCUT2D eigenvalue weighted by Gasteiger charge is 2.17. The monoisotopic (exact) mass is 356 g/mol. The third-order valence-corrected chi connectivity index (χ3v) is 3.21. The van der Waals surface area contributed by atoms with Crippen LogP contribution in [0.4, 0.5) is 14.5 Å². The van der Waals surface area contributed by atoms with Gasteiger partial charge in [-0.2, -0.15) is 4.39 Å². The Morgan fingerprint density at radius 2 is 1.95 bits per heavy atom. The molecule has 0 atom stereocenters. The van der Waals surface area contributed by atoms with Crippen LogP contribution in [0.2, 0.25) is 0 Å². The summed E-state index contributed by atoms with van der Waals surface area (Å²) in [5, 5.41) is 11.2. The Morgan fingerprint density at radius 3 is 2.57 bits per heavy atom. The van der Waals surface area contributed by atoms with Gasteiger partial charge in [-0.25, -0.2) is 14.2 Å². The molecule has 21 heavy (non-hydrogen) atoms. The van der Waals surface area contributed by atoms with Crippen LogP contribution in [0.25, 0.3) is 0 Å². The van der Waals surface area contributed by atoms with Crippen LogP contribution in [-0.2, 0) is 0 Å². The Bertz CT molecular complexity index is 737. The van der Waals surface area contributed by atoms with Gasteiger partial charge in [0, 0.05) is 10.7 Å². The SMILES string of the molecule is O=C(O)c1ccc(NC(=O)c2ccnc(F)c2F)c(Br)c1. The number of carbonyl (C=O) groups is 2. The minimum atomic E-state index is -1.37. The molecule has 0 saturated carbocycles. The second-order valence-electron chi connectivity index (χ2n) is 3.92. The van der Waals surface area contributed by atoms with E-state index in [9.17, 15) is 18.4 Å². The van der Waals surface area contributed by atoms with Gasteiger partial charge < -0.3 is 10.4 Å². The van der Waals surface area contributed by atoms with Crippen molar-refractivity contribution in [2.75, 3.05) is 5.32 Å². The number of nitrogens with one attached hydrogen (secondary N) is 1. The summed E-state index contributed by atoms with van der Waals surface area (Å²) in [6.07, 6.45) is 0.968. The number of aromatic carboxylic acids is 1. The van der Waals surface area contributed by atoms with Gasteiger partial charge in [-0.15, -0.1) is 0 Å². The van der Waals surface area contributed by atoms with Crippen molar-refractivity contribution >= 4 is 33.5 Å². The third kappa shape index (κ3) is 3.22. The minimum absolute atomic E-state index is 0.0148. The summed E-state index contributed by atoms with van der Waals surface area (Å²) in [5.41, 5.74) is -0.264. The second-order valence-corrected chi connectivity index (χ2v) is 4.77. The molecule has 0 saturated heterocycles. The van der Waals surface area contributed by atoms with Crippen molar-refractivity contribution in [2.24, 2.45) is 0 Å². The van der Waals surface area contributed by atoms with E-state index in [-0.39, 0.29) is 11.3 Å². The topological polar surface area (TPSA) is 79.3 Å². The van der Waals surface area contributed by atoms with Crippen LogP contribution in [0, 0.1) is 11.8 Å². The van der Waals surface area contributed by atoms with E-state index in [2.05, 4.69) is 26.2 Å². The number of pyridine rings is 1. The Kier molecular flexibility index (Phi) is 4.27. The van der Waals surface area contributed by atoms with E-state index in [1.807, 2.05) is 0 Å². The van der Waals surface area contributed by atoms with Gasteiger partial charge in [-0.05, 0) is 40.2 Å². The predicted octanol–water partition coefficient (Wildman–Crippen LogP) is 3.07. The predicted molar refractivity (Wildman–Crippen MR) is 73.2 cm³/mol. The Labute approximate surface area is 125 Å². The molecule has 1 aromatic carbocycles. The third-order valence-electron chi connectivity index (χ3n) is 2.56. The quantitative estimate of drug-likeness (QED) is 0.828. The van der Waals surface area contributed by atoms with Crippen molar-refractivity contribution in [3.05, 3.63) is 57.8 Å². The molecule has 0 aliphatic carbocycles. The van der Waals surface area contributed by atoms with Crippen molar-refractivity contribution in [1.82, 2.24) is 4.98 Å². The molecule has 2 N–H and O–H groups in total. The van der Waals surface area contributed by atoms with Gasteiger partial charge in [0.25, 0.3) is 5.91 Å². The summed E-state index contributed by atoms with van der Waals surface area (Å²) in [4.78, 5) is 25.7. The first-order valence-electron chi connectivity index (χ1n) is 5.54. The first kappa shape index (κ1) is 15.0. The molecule has 0 radical (unpaired) electrons. The number of halogens is 3. The lowest BCUT2D eigenvalue weighted by atomic mass is 10.2. The van der Waals surface area contributed by atoms with E-state index in [1.54, 1.807) is 0 Å². The van der Waals surface area contributed by atoms with Crippen LogP contribution in [-0.4, -0.2) is 22.0 Å². The van der Waals surface area contributed by atoms with Crippen molar-refractivity contribution in [2.45, 2.75) is 0 Å². The first-order valence-corrected chi connectivity index (χ1v) is 6.33. The molecule has 1 heterocycles. The van der Waals surface area contributed by atoms with Gasteiger partial charge in [0.2, 0.25) is 5.95 Å². The van der Waals surface area contributed by atoms with Crippen molar-refractivity contribution in [1.29, 1.82) is 0 Å². The minimum Gasteiger partial charge on any atom is -0.478 e. The van der Waals surface area contributed by atoms with Crippen LogP contribution in [0.3, 0.4) is 0 Å². The number of amides is 1. The zero-order valence-corrected chi connectivity index (χ0v) is 11.8. The highest BCUT2D eigenvalue weighted by Crippen LogP contribution is 2.24. The van der Waals surface area contributed by atoms with Crippen LogP contribution in [0.1, 0.15) is 20.7 Å². The molecule has 8 heteroatoms. The summed E-state index contributed by atoms with van der Waals surface area (Å²) in [6, 6.07) is 4.92. The molecule has 2 rings (SSSR count). The van der Waals surface area contributed by atoms with Crippen LogP contribution in [0.5, 0.6) is 0 Å². The number of nitrogens with zero attached hydrogens (tertiary/aromatic N) is 1. The van der Waals surface area contributed by atoms with Crippen molar-refractivity contribution in [3.63, 3.8) is 0 Å². The number of carboxylic acids is 1. The zero-order valence-electron chi connectivity index (χ0n) is 10.2. The van der Waals surface area contributed by atoms with Gasteiger partial charge in [0.15, 0.2) is 5.82 Å². The molecule has 5 nitrogen and oxygen atoms in total. The number of rotatable bonds is 3. The number of benzene rings is 1. The molecule has 0 unspecified atom stereocenters. The number of hydrogen-bond acceptors (Lipinski definition) is 3. The smallest absolute Gasteiger partial charge is 0.335 e. The lowest BCUT2D eigenvalue weighted by Crippen LogP contribution is -2.15. The van der Waals surface area contributed by atoms with Gasteiger partial charge in [-0.1, -0.05) is 0 Å². The Morgan fingerprint density at radius 1 is 1.24 bits per heavy atom. The molecule has 0 spiro atoms. The highest BCUT2D eigenvalue weighted by atomic mass is 79.9. The number of carboxylic acid groups (broad SMARTS) is 1. The molecule has 108 valence electrons. The summed E-state index contributed by atoms with van der Waals surface area (Å²) in [7, 11) is 0. The summed E-state index contributed by atoms with van der Waals surface area (Å²) in [6.45, 7) is 0. The zero-order chi connectivity index (χ0) is 15.6. The number of anilines is 1. The van der Waals surface area contributed by atoms with Gasteiger partial charge in [0.1, 0.15) is 0 Å². The molecule has 0 bridgehead atoms. The molecular formula is C13H7BrF2N2O3. The molecule has 0 aliphatic rings. The molecule has 0 fully saturated rings. The maximum absolute atomic E-state index is 13.4. The maximum Gasteiger partial charge on any atom is 0.335 e. The normalized spacial score (nSPS) is 10.2.